The number of hydrogen-bond donors (Lipinski definition) is 1. The maximum atomic E-state index is 12.4. The molecule has 1 heterocycles. The Balaban J connectivity index is 1.61. The summed E-state index contributed by atoms with van der Waals surface area (Å²) in [6, 6.07) is 12.6. The Kier molecular flexibility index (Phi) is 6.35. The third-order valence-electron chi connectivity index (χ3n) is 4.00. The van der Waals surface area contributed by atoms with Crippen LogP contribution in [0.2, 0.25) is 0 Å². The van der Waals surface area contributed by atoms with E-state index in [0.29, 0.717) is 16.9 Å². The molecule has 2 aromatic carbocycles. The van der Waals surface area contributed by atoms with E-state index in [0.717, 1.165) is 11.8 Å². The normalized spacial score (nSPS) is 17.5. The molecule has 1 atom stereocenters. The number of nitrogens with zero attached hydrogens (tertiary/aromatic N) is 3. The lowest BCUT2D eigenvalue weighted by Gasteiger charge is -2.05. The average Bonchev–Trinajstić information content (AvgIpc) is 3.07. The number of benzene rings is 2. The first-order valence-electron chi connectivity index (χ1n) is 8.46. The number of hydrogen-bond acceptors (Lipinski definition) is 8. The van der Waals surface area contributed by atoms with E-state index in [-0.39, 0.29) is 29.0 Å². The second-order valence-corrected chi connectivity index (χ2v) is 7.14. The molecule has 10 heteroatoms. The fraction of sp³-hybridized carbons (Fsp3) is 0.158. The summed E-state index contributed by atoms with van der Waals surface area (Å²) in [6.07, 6.45) is 1.37. The minimum atomic E-state index is -0.601. The van der Waals surface area contributed by atoms with Gasteiger partial charge in [0.05, 0.1) is 23.5 Å². The maximum absolute atomic E-state index is 12.4. The number of non-ortho nitro benzene ring substituents is 1. The highest BCUT2D eigenvalue weighted by Crippen LogP contribution is 2.24. The van der Waals surface area contributed by atoms with E-state index in [1.165, 1.54) is 18.3 Å². The molecule has 148 valence electrons. The zero-order valence-electron chi connectivity index (χ0n) is 15.3. The summed E-state index contributed by atoms with van der Waals surface area (Å²) < 4.78 is 5.06. The smallest absolute Gasteiger partial charge is 0.270 e. The fourth-order valence-corrected chi connectivity index (χ4v) is 3.44. The fourth-order valence-electron chi connectivity index (χ4n) is 2.52. The number of carbonyl (C=O) groups excluding carboxylic acids is 2. The minimum absolute atomic E-state index is 0.0242. The largest absolute Gasteiger partial charge is 0.497 e. The summed E-state index contributed by atoms with van der Waals surface area (Å²) in [5.74, 6) is 0.161. The zero-order chi connectivity index (χ0) is 20.8. The average molecular weight is 412 g/mol. The van der Waals surface area contributed by atoms with Crippen molar-refractivity contribution in [3.63, 3.8) is 0 Å². The van der Waals surface area contributed by atoms with E-state index in [9.17, 15) is 19.7 Å². The van der Waals surface area contributed by atoms with Crippen molar-refractivity contribution < 1.29 is 19.2 Å². The zero-order valence-corrected chi connectivity index (χ0v) is 16.1. The molecular weight excluding hydrogens is 396 g/mol. The third kappa shape index (κ3) is 5.26. The second kappa shape index (κ2) is 9.11. The van der Waals surface area contributed by atoms with E-state index in [4.69, 9.17) is 4.74 Å². The highest BCUT2D eigenvalue weighted by atomic mass is 32.2. The van der Waals surface area contributed by atoms with Gasteiger partial charge in [-0.1, -0.05) is 23.9 Å². The SMILES string of the molecule is COc1ccc(C(=O)CC2S/C(=N\N=C\c3cccc([N+](=O)[O-])c3)NC2=O)cc1. The first kappa shape index (κ1) is 20.2. The number of rotatable bonds is 7. The summed E-state index contributed by atoms with van der Waals surface area (Å²) in [5, 5.41) is 20.8. The number of carbonyl (C=O) groups is 2. The summed E-state index contributed by atoms with van der Waals surface area (Å²) in [4.78, 5) is 34.8. The van der Waals surface area contributed by atoms with Crippen molar-refractivity contribution in [2.45, 2.75) is 11.7 Å². The maximum Gasteiger partial charge on any atom is 0.270 e. The first-order valence-corrected chi connectivity index (χ1v) is 9.34. The van der Waals surface area contributed by atoms with Crippen LogP contribution in [0.1, 0.15) is 22.3 Å². The van der Waals surface area contributed by atoms with E-state index in [1.807, 2.05) is 0 Å². The lowest BCUT2D eigenvalue weighted by molar-refractivity contribution is -0.384. The Morgan fingerprint density at radius 3 is 2.76 bits per heavy atom. The number of ether oxygens (including phenoxy) is 1. The molecule has 1 amide bonds. The van der Waals surface area contributed by atoms with E-state index in [2.05, 4.69) is 15.5 Å². The van der Waals surface area contributed by atoms with Gasteiger partial charge in [-0.25, -0.2) is 0 Å². The summed E-state index contributed by atoms with van der Waals surface area (Å²) in [7, 11) is 1.54. The van der Waals surface area contributed by atoms with Gasteiger partial charge in [0.25, 0.3) is 5.69 Å². The molecule has 1 aliphatic heterocycles. The molecule has 9 nitrogen and oxygen atoms in total. The highest BCUT2D eigenvalue weighted by Gasteiger charge is 2.32. The number of ketones is 1. The summed E-state index contributed by atoms with van der Waals surface area (Å²) >= 11 is 1.11. The monoisotopic (exact) mass is 412 g/mol. The van der Waals surface area contributed by atoms with E-state index >= 15 is 0 Å². The van der Waals surface area contributed by atoms with Gasteiger partial charge in [-0.3, -0.25) is 19.7 Å². The van der Waals surface area contributed by atoms with Crippen LogP contribution in [-0.4, -0.2) is 40.4 Å². The van der Waals surface area contributed by atoms with Gasteiger partial charge >= 0.3 is 0 Å². The van der Waals surface area contributed by atoms with Crippen molar-refractivity contribution in [1.82, 2.24) is 5.32 Å². The third-order valence-corrected chi connectivity index (χ3v) is 5.07. The Morgan fingerprint density at radius 1 is 1.31 bits per heavy atom. The van der Waals surface area contributed by atoms with Crippen molar-refractivity contribution >= 4 is 40.5 Å². The summed E-state index contributed by atoms with van der Waals surface area (Å²) in [5.41, 5.74) is 0.944. The van der Waals surface area contributed by atoms with Crippen LogP contribution in [0.15, 0.2) is 58.7 Å². The van der Waals surface area contributed by atoms with Crippen molar-refractivity contribution in [2.75, 3.05) is 7.11 Å². The lowest BCUT2D eigenvalue weighted by atomic mass is 10.1. The van der Waals surface area contributed by atoms with Gasteiger partial charge in [-0.2, -0.15) is 5.10 Å². The van der Waals surface area contributed by atoms with Crippen molar-refractivity contribution in [1.29, 1.82) is 0 Å². The van der Waals surface area contributed by atoms with Gasteiger partial charge < -0.3 is 10.1 Å². The lowest BCUT2D eigenvalue weighted by Crippen LogP contribution is -2.26. The molecule has 0 bridgehead atoms. The number of thioether (sulfide) groups is 1. The Bertz CT molecular complexity index is 1000. The van der Waals surface area contributed by atoms with Crippen LogP contribution in [0, 0.1) is 10.1 Å². The molecular formula is C19H16N4O5S. The quantitative estimate of drug-likeness (QED) is 0.323. The number of methoxy groups -OCH3 is 1. The molecule has 1 N–H and O–H groups in total. The van der Waals surface area contributed by atoms with E-state index < -0.39 is 10.2 Å². The van der Waals surface area contributed by atoms with Gasteiger partial charge in [0.15, 0.2) is 11.0 Å². The summed E-state index contributed by atoms with van der Waals surface area (Å²) in [6.45, 7) is 0. The predicted octanol–water partition coefficient (Wildman–Crippen LogP) is 2.80. The number of amides is 1. The van der Waals surface area contributed by atoms with Crippen LogP contribution in [0.25, 0.3) is 0 Å². The molecule has 0 aliphatic carbocycles. The first-order chi connectivity index (χ1) is 14.0. The van der Waals surface area contributed by atoms with Crippen LogP contribution >= 0.6 is 11.8 Å². The number of nitro groups is 1. The highest BCUT2D eigenvalue weighted by molar-refractivity contribution is 8.15. The molecule has 1 fully saturated rings. The molecule has 2 aromatic rings. The van der Waals surface area contributed by atoms with Crippen LogP contribution in [-0.2, 0) is 4.79 Å². The molecule has 29 heavy (non-hydrogen) atoms. The van der Waals surface area contributed by atoms with Gasteiger partial charge in [0.2, 0.25) is 5.91 Å². The van der Waals surface area contributed by atoms with Gasteiger partial charge in [0.1, 0.15) is 5.75 Å². The number of Topliss-reactive ketones (excluding diaryl/α,β-unsaturated/α-hetero) is 1. The Hall–Kier alpha value is -3.53. The van der Waals surface area contributed by atoms with Gasteiger partial charge in [-0.05, 0) is 24.3 Å². The molecule has 1 unspecified atom stereocenters. The van der Waals surface area contributed by atoms with Gasteiger partial charge in [0, 0.05) is 29.7 Å². The van der Waals surface area contributed by atoms with Crippen molar-refractivity contribution in [2.24, 2.45) is 10.2 Å². The predicted molar refractivity (Wildman–Crippen MR) is 110 cm³/mol. The molecule has 1 saturated heterocycles. The number of nitrogens with one attached hydrogen (secondary N) is 1. The molecule has 0 radical (unpaired) electrons. The molecule has 0 spiro atoms. The van der Waals surface area contributed by atoms with Crippen molar-refractivity contribution in [3.05, 3.63) is 69.8 Å². The Labute approximate surface area is 170 Å². The van der Waals surface area contributed by atoms with Crippen LogP contribution in [0.4, 0.5) is 5.69 Å². The van der Waals surface area contributed by atoms with Crippen molar-refractivity contribution in [3.8, 4) is 5.75 Å². The van der Waals surface area contributed by atoms with Crippen LogP contribution in [0.3, 0.4) is 0 Å². The number of amidine groups is 1. The number of nitro benzene ring substituents is 1. The molecule has 1 aliphatic rings. The van der Waals surface area contributed by atoms with Crippen LogP contribution < -0.4 is 10.1 Å². The van der Waals surface area contributed by atoms with Gasteiger partial charge in [-0.15, -0.1) is 5.10 Å². The minimum Gasteiger partial charge on any atom is -0.497 e. The molecule has 0 aromatic heterocycles. The molecule has 3 rings (SSSR count). The van der Waals surface area contributed by atoms with Crippen LogP contribution in [0.5, 0.6) is 5.75 Å². The second-order valence-electron chi connectivity index (χ2n) is 5.95. The van der Waals surface area contributed by atoms with E-state index in [1.54, 1.807) is 43.5 Å². The topological polar surface area (TPSA) is 123 Å². The Morgan fingerprint density at radius 2 is 2.07 bits per heavy atom. The molecule has 0 saturated carbocycles. The standard InChI is InChI=1S/C19H16N4O5S/c1-28-15-7-5-13(6-8-15)16(24)10-17-18(25)21-19(29-17)22-20-11-12-3-2-4-14(9-12)23(26)27/h2-9,11,17H,10H2,1H3,(H,21,22,25)/b20-11+.